The lowest BCUT2D eigenvalue weighted by molar-refractivity contribution is 0.0288. The highest BCUT2D eigenvalue weighted by Gasteiger charge is 2.15. The molecule has 0 aromatic heterocycles. The predicted molar refractivity (Wildman–Crippen MR) is 33.5 cm³/mol. The Morgan fingerprint density at radius 3 is 2.43 bits per heavy atom. The molecule has 0 N–H and O–H groups in total. The molecule has 1 saturated carbocycles. The fourth-order valence-electron chi connectivity index (χ4n) is 0.773. The van der Waals surface area contributed by atoms with Gasteiger partial charge in [-0.25, -0.2) is 0 Å². The van der Waals surface area contributed by atoms with Crippen molar-refractivity contribution in [2.24, 2.45) is 0 Å². The van der Waals surface area contributed by atoms with Crippen LogP contribution in [0.15, 0.2) is 0 Å². The summed E-state index contributed by atoms with van der Waals surface area (Å²) in [5, 5.41) is 0. The Balaban J connectivity index is 1.93. The molecule has 1 aliphatic carbocycles. The third-order valence-electron chi connectivity index (χ3n) is 1.45. The normalized spacial score (nSPS) is 22.3. The summed E-state index contributed by atoms with van der Waals surface area (Å²) in [7, 11) is 1.20. The SMILES string of the molecule is [SiH3]COC1CCC1. The van der Waals surface area contributed by atoms with Gasteiger partial charge in [0.15, 0.2) is 0 Å². The minimum atomic E-state index is 0.664. The maximum Gasteiger partial charge on any atom is 0.0570 e. The number of hydrogen-bond acceptors (Lipinski definition) is 1. The maximum atomic E-state index is 5.34. The fourth-order valence-corrected chi connectivity index (χ4v) is 1.24. The summed E-state index contributed by atoms with van der Waals surface area (Å²) in [5.41, 5.74) is 0. The van der Waals surface area contributed by atoms with Gasteiger partial charge in [-0.3, -0.25) is 0 Å². The van der Waals surface area contributed by atoms with Crippen LogP contribution in [0.4, 0.5) is 0 Å². The second-order valence-corrected chi connectivity index (χ2v) is 2.59. The minimum Gasteiger partial charge on any atom is -0.383 e. The van der Waals surface area contributed by atoms with E-state index in [1.54, 1.807) is 0 Å². The van der Waals surface area contributed by atoms with Crippen LogP contribution in [0.25, 0.3) is 0 Å². The Bertz CT molecular complexity index is 52.0. The van der Waals surface area contributed by atoms with Gasteiger partial charge in [-0.05, 0) is 19.3 Å². The summed E-state index contributed by atoms with van der Waals surface area (Å²) in [5.74, 6) is 0. The third-order valence-corrected chi connectivity index (χ3v) is 1.79. The molecule has 0 atom stereocenters. The van der Waals surface area contributed by atoms with Crippen molar-refractivity contribution in [3.8, 4) is 0 Å². The van der Waals surface area contributed by atoms with Gasteiger partial charge in [0.25, 0.3) is 0 Å². The highest BCUT2D eigenvalue weighted by Crippen LogP contribution is 2.20. The van der Waals surface area contributed by atoms with Gasteiger partial charge in [0.2, 0.25) is 0 Å². The summed E-state index contributed by atoms with van der Waals surface area (Å²) < 4.78 is 5.34. The molecule has 0 amide bonds. The first kappa shape index (κ1) is 5.32. The minimum absolute atomic E-state index is 0.664. The van der Waals surface area contributed by atoms with Crippen molar-refractivity contribution in [1.29, 1.82) is 0 Å². The van der Waals surface area contributed by atoms with E-state index in [1.165, 1.54) is 29.5 Å². The molecule has 0 unspecified atom stereocenters. The molecular weight excluding hydrogens is 104 g/mol. The molecule has 7 heavy (non-hydrogen) atoms. The molecular formula is C5H12OSi. The molecule has 0 saturated heterocycles. The average molecular weight is 116 g/mol. The van der Waals surface area contributed by atoms with Crippen molar-refractivity contribution in [1.82, 2.24) is 0 Å². The molecule has 2 heteroatoms. The van der Waals surface area contributed by atoms with Crippen LogP contribution < -0.4 is 0 Å². The van der Waals surface area contributed by atoms with Gasteiger partial charge in [0, 0.05) is 16.5 Å². The summed E-state index contributed by atoms with van der Waals surface area (Å²) in [6.45, 7) is 0. The molecule has 42 valence electrons. The van der Waals surface area contributed by atoms with E-state index in [0.717, 1.165) is 6.23 Å². The van der Waals surface area contributed by atoms with Gasteiger partial charge in [-0.2, -0.15) is 0 Å². The highest BCUT2D eigenvalue weighted by atomic mass is 28.1. The number of rotatable bonds is 2. The van der Waals surface area contributed by atoms with Crippen LogP contribution in [-0.2, 0) is 4.74 Å². The van der Waals surface area contributed by atoms with Crippen molar-refractivity contribution in [3.05, 3.63) is 0 Å². The van der Waals surface area contributed by atoms with E-state index in [4.69, 9.17) is 4.74 Å². The van der Waals surface area contributed by atoms with Crippen LogP contribution in [0, 0.1) is 0 Å². The van der Waals surface area contributed by atoms with Gasteiger partial charge in [-0.15, -0.1) is 0 Å². The van der Waals surface area contributed by atoms with Crippen LogP contribution in [-0.4, -0.2) is 22.6 Å². The molecule has 1 nitrogen and oxygen atoms in total. The van der Waals surface area contributed by atoms with Crippen molar-refractivity contribution >= 4 is 10.2 Å². The average Bonchev–Trinajstić information content (AvgIpc) is 1.55. The first-order chi connectivity index (χ1) is 3.43. The van der Waals surface area contributed by atoms with E-state index in [1.807, 2.05) is 0 Å². The zero-order chi connectivity index (χ0) is 5.11. The summed E-state index contributed by atoms with van der Waals surface area (Å²) in [6.07, 6.45) is 5.74. The molecule has 0 aromatic carbocycles. The van der Waals surface area contributed by atoms with Crippen molar-refractivity contribution in [3.63, 3.8) is 0 Å². The zero-order valence-corrected chi connectivity index (χ0v) is 6.81. The summed E-state index contributed by atoms with van der Waals surface area (Å²) in [6, 6.07) is 0. The first-order valence-electron chi connectivity index (χ1n) is 3.05. The van der Waals surface area contributed by atoms with E-state index in [0.29, 0.717) is 6.10 Å². The lowest BCUT2D eigenvalue weighted by Crippen LogP contribution is -2.21. The van der Waals surface area contributed by atoms with Crippen LogP contribution in [0.2, 0.25) is 0 Å². The third kappa shape index (κ3) is 1.28. The molecule has 0 spiro atoms. The second kappa shape index (κ2) is 2.48. The fraction of sp³-hybridized carbons (Fsp3) is 1.00. The van der Waals surface area contributed by atoms with E-state index in [2.05, 4.69) is 0 Å². The van der Waals surface area contributed by atoms with Crippen LogP contribution in [0.5, 0.6) is 0 Å². The smallest absolute Gasteiger partial charge is 0.0570 e. The van der Waals surface area contributed by atoms with Crippen LogP contribution >= 0.6 is 0 Å². The Kier molecular flexibility index (Phi) is 1.88. The first-order valence-corrected chi connectivity index (χ1v) is 4.46. The lowest BCUT2D eigenvalue weighted by atomic mass is 9.96. The zero-order valence-electron chi connectivity index (χ0n) is 4.81. The maximum absolute atomic E-state index is 5.34. The van der Waals surface area contributed by atoms with Gasteiger partial charge in [-0.1, -0.05) is 0 Å². The molecule has 0 radical (unpaired) electrons. The molecule has 0 aromatic rings. The van der Waals surface area contributed by atoms with Crippen molar-refractivity contribution in [2.75, 3.05) is 6.23 Å². The summed E-state index contributed by atoms with van der Waals surface area (Å²) >= 11 is 0. The predicted octanol–water partition coefficient (Wildman–Crippen LogP) is -0.122. The lowest BCUT2D eigenvalue weighted by Gasteiger charge is -2.24. The van der Waals surface area contributed by atoms with Crippen molar-refractivity contribution < 1.29 is 4.74 Å². The van der Waals surface area contributed by atoms with Gasteiger partial charge < -0.3 is 4.74 Å². The Labute approximate surface area is 47.5 Å². The van der Waals surface area contributed by atoms with Gasteiger partial charge in [0.1, 0.15) is 0 Å². The molecule has 0 aliphatic heterocycles. The van der Waals surface area contributed by atoms with E-state index >= 15 is 0 Å². The summed E-state index contributed by atoms with van der Waals surface area (Å²) in [4.78, 5) is 0. The largest absolute Gasteiger partial charge is 0.383 e. The van der Waals surface area contributed by atoms with Gasteiger partial charge in [0.05, 0.1) is 6.10 Å². The Morgan fingerprint density at radius 2 is 2.29 bits per heavy atom. The van der Waals surface area contributed by atoms with Gasteiger partial charge >= 0.3 is 0 Å². The Hall–Kier alpha value is 0.177. The van der Waals surface area contributed by atoms with E-state index < -0.39 is 0 Å². The second-order valence-electron chi connectivity index (χ2n) is 2.01. The highest BCUT2D eigenvalue weighted by molar-refractivity contribution is 6.08. The molecule has 1 rings (SSSR count). The van der Waals surface area contributed by atoms with Crippen LogP contribution in [0.3, 0.4) is 0 Å². The molecule has 1 fully saturated rings. The molecule has 0 bridgehead atoms. The number of ether oxygens (including phenoxy) is 1. The van der Waals surface area contributed by atoms with E-state index in [-0.39, 0.29) is 0 Å². The van der Waals surface area contributed by atoms with Crippen LogP contribution in [0.1, 0.15) is 19.3 Å². The number of hydrogen-bond donors (Lipinski definition) is 0. The topological polar surface area (TPSA) is 9.23 Å². The standard InChI is InChI=1S/C5H12OSi/c7-4-6-5-2-1-3-5/h5H,1-4H2,7H3. The molecule has 1 aliphatic rings. The Morgan fingerprint density at radius 1 is 1.57 bits per heavy atom. The molecule has 0 heterocycles. The van der Waals surface area contributed by atoms with E-state index in [9.17, 15) is 0 Å². The quantitative estimate of drug-likeness (QED) is 0.457. The van der Waals surface area contributed by atoms with Crippen molar-refractivity contribution in [2.45, 2.75) is 25.4 Å². The monoisotopic (exact) mass is 116 g/mol.